The Hall–Kier alpha value is -2.65. The van der Waals surface area contributed by atoms with Gasteiger partial charge in [-0.2, -0.15) is 4.31 Å². The van der Waals surface area contributed by atoms with Gasteiger partial charge in [0.05, 0.1) is 28.7 Å². The molecule has 0 N–H and O–H groups in total. The Morgan fingerprint density at radius 3 is 2.71 bits per heavy atom. The summed E-state index contributed by atoms with van der Waals surface area (Å²) in [5.41, 5.74) is 2.95. The van der Waals surface area contributed by atoms with Crippen LogP contribution in [0.4, 0.5) is 0 Å². The van der Waals surface area contributed by atoms with Crippen LogP contribution < -0.4 is 0 Å². The number of aryl methyl sites for hydroxylation is 3. The minimum Gasteiger partial charge on any atom is -0.361 e. The summed E-state index contributed by atoms with van der Waals surface area (Å²) in [6.45, 7) is 5.95. The molecule has 0 radical (unpaired) electrons. The third-order valence-electron chi connectivity index (χ3n) is 4.93. The monoisotopic (exact) mass is 399 g/mol. The Labute approximate surface area is 163 Å². The molecule has 28 heavy (non-hydrogen) atoms. The maximum absolute atomic E-state index is 13.1. The van der Waals surface area contributed by atoms with E-state index in [1.54, 1.807) is 25.3 Å². The molecule has 0 saturated carbocycles. The Balaban J connectivity index is 1.77. The van der Waals surface area contributed by atoms with Crippen LogP contribution in [0, 0.1) is 20.8 Å². The average Bonchev–Trinajstić information content (AvgIpc) is 3.29. The van der Waals surface area contributed by atoms with Crippen LogP contribution in [0.15, 0.2) is 40.0 Å². The molecule has 3 aromatic heterocycles. The summed E-state index contributed by atoms with van der Waals surface area (Å²) in [4.78, 5) is 13.2. The molecule has 0 amide bonds. The summed E-state index contributed by atoms with van der Waals surface area (Å²) in [7, 11) is -3.65. The fourth-order valence-corrected chi connectivity index (χ4v) is 5.33. The summed E-state index contributed by atoms with van der Waals surface area (Å²) >= 11 is 0. The Morgan fingerprint density at radius 1 is 1.21 bits per heavy atom. The highest BCUT2D eigenvalue weighted by atomic mass is 32.2. The van der Waals surface area contributed by atoms with Crippen LogP contribution in [0.1, 0.15) is 41.9 Å². The molecule has 1 aliphatic rings. The first-order valence-electron chi connectivity index (χ1n) is 9.08. The largest absolute Gasteiger partial charge is 0.361 e. The van der Waals surface area contributed by atoms with Crippen molar-refractivity contribution < 1.29 is 12.9 Å². The lowest BCUT2D eigenvalue weighted by Crippen LogP contribution is -2.31. The molecule has 0 spiro atoms. The van der Waals surface area contributed by atoms with Crippen molar-refractivity contribution in [3.05, 3.63) is 53.6 Å². The molecule has 0 aliphatic carbocycles. The summed E-state index contributed by atoms with van der Waals surface area (Å²) < 4.78 is 33.1. The molecule has 0 aromatic carbocycles. The molecular formula is C19H21N5O3S. The van der Waals surface area contributed by atoms with E-state index in [1.807, 2.05) is 19.9 Å². The van der Waals surface area contributed by atoms with Crippen LogP contribution in [-0.2, 0) is 10.0 Å². The third kappa shape index (κ3) is 3.20. The van der Waals surface area contributed by atoms with Gasteiger partial charge in [0.1, 0.15) is 16.5 Å². The van der Waals surface area contributed by atoms with E-state index in [0.29, 0.717) is 35.9 Å². The van der Waals surface area contributed by atoms with Crippen LogP contribution in [-0.4, -0.2) is 39.4 Å². The van der Waals surface area contributed by atoms with Gasteiger partial charge in [0.25, 0.3) is 0 Å². The Kier molecular flexibility index (Phi) is 4.72. The van der Waals surface area contributed by atoms with Gasteiger partial charge in [-0.15, -0.1) is 0 Å². The maximum atomic E-state index is 13.1. The molecule has 4 heterocycles. The number of hydrogen-bond donors (Lipinski definition) is 0. The quantitative estimate of drug-likeness (QED) is 0.664. The molecule has 0 bridgehead atoms. The van der Waals surface area contributed by atoms with E-state index in [1.165, 1.54) is 10.5 Å². The van der Waals surface area contributed by atoms with Crippen molar-refractivity contribution in [1.29, 1.82) is 0 Å². The summed E-state index contributed by atoms with van der Waals surface area (Å²) in [5.74, 6) is 1.26. The first-order valence-corrected chi connectivity index (χ1v) is 10.5. The number of pyridine rings is 1. The van der Waals surface area contributed by atoms with Gasteiger partial charge in [0.2, 0.25) is 10.0 Å². The summed E-state index contributed by atoms with van der Waals surface area (Å²) in [6.07, 6.45) is 4.42. The fourth-order valence-electron chi connectivity index (χ4n) is 3.70. The van der Waals surface area contributed by atoms with Crippen molar-refractivity contribution >= 4 is 10.0 Å². The lowest BCUT2D eigenvalue weighted by atomic mass is 10.1. The van der Waals surface area contributed by atoms with E-state index >= 15 is 0 Å². The van der Waals surface area contributed by atoms with E-state index < -0.39 is 10.0 Å². The van der Waals surface area contributed by atoms with Crippen LogP contribution in [0.25, 0.3) is 11.3 Å². The van der Waals surface area contributed by atoms with Crippen molar-refractivity contribution in [3.8, 4) is 11.3 Å². The second-order valence-corrected chi connectivity index (χ2v) is 8.78. The summed E-state index contributed by atoms with van der Waals surface area (Å²) in [5, 5.41) is 3.99. The molecule has 8 nitrogen and oxygen atoms in total. The van der Waals surface area contributed by atoms with Crippen molar-refractivity contribution in [2.24, 2.45) is 0 Å². The molecule has 1 saturated heterocycles. The molecular weight excluding hydrogens is 378 g/mol. The van der Waals surface area contributed by atoms with Gasteiger partial charge >= 0.3 is 0 Å². The van der Waals surface area contributed by atoms with Gasteiger partial charge in [0, 0.05) is 18.9 Å². The second kappa shape index (κ2) is 7.06. The average molecular weight is 399 g/mol. The molecule has 146 valence electrons. The molecule has 1 atom stereocenters. The molecule has 1 aliphatic heterocycles. The van der Waals surface area contributed by atoms with Crippen molar-refractivity contribution in [2.75, 3.05) is 6.54 Å². The van der Waals surface area contributed by atoms with Gasteiger partial charge in [-0.05, 0) is 51.8 Å². The first-order chi connectivity index (χ1) is 13.4. The minimum absolute atomic E-state index is 0.193. The first kappa shape index (κ1) is 18.7. The number of hydrogen-bond acceptors (Lipinski definition) is 7. The van der Waals surface area contributed by atoms with E-state index in [2.05, 4.69) is 20.1 Å². The van der Waals surface area contributed by atoms with Crippen LogP contribution in [0.2, 0.25) is 0 Å². The molecule has 3 aromatic rings. The fraction of sp³-hybridized carbons (Fsp3) is 0.368. The molecule has 1 fully saturated rings. The highest BCUT2D eigenvalue weighted by molar-refractivity contribution is 7.89. The topological polar surface area (TPSA) is 102 Å². The molecule has 9 heteroatoms. The van der Waals surface area contributed by atoms with E-state index in [9.17, 15) is 8.42 Å². The smallest absolute Gasteiger partial charge is 0.245 e. The van der Waals surface area contributed by atoms with Crippen molar-refractivity contribution in [2.45, 2.75) is 44.6 Å². The molecule has 4 rings (SSSR count). The van der Waals surface area contributed by atoms with Crippen LogP contribution in [0.3, 0.4) is 0 Å². The minimum atomic E-state index is -3.65. The maximum Gasteiger partial charge on any atom is 0.245 e. The van der Waals surface area contributed by atoms with Crippen molar-refractivity contribution in [1.82, 2.24) is 24.4 Å². The zero-order valence-corrected chi connectivity index (χ0v) is 16.8. The second-order valence-electron chi connectivity index (χ2n) is 6.89. The number of nitrogens with zero attached hydrogens (tertiary/aromatic N) is 5. The molecule has 0 unspecified atom stereocenters. The van der Waals surface area contributed by atoms with E-state index in [4.69, 9.17) is 4.52 Å². The Morgan fingerprint density at radius 2 is 2.04 bits per heavy atom. The zero-order valence-electron chi connectivity index (χ0n) is 16.0. The summed E-state index contributed by atoms with van der Waals surface area (Å²) in [6, 6.07) is 4.70. The van der Waals surface area contributed by atoms with Crippen LogP contribution >= 0.6 is 0 Å². The lowest BCUT2D eigenvalue weighted by molar-refractivity contribution is 0.389. The normalized spacial score (nSPS) is 17.9. The highest BCUT2D eigenvalue weighted by Crippen LogP contribution is 2.37. The number of sulfonamides is 1. The van der Waals surface area contributed by atoms with Gasteiger partial charge < -0.3 is 4.52 Å². The van der Waals surface area contributed by atoms with Gasteiger partial charge in [-0.3, -0.25) is 4.98 Å². The van der Waals surface area contributed by atoms with Crippen LogP contribution in [0.5, 0.6) is 0 Å². The predicted octanol–water partition coefficient (Wildman–Crippen LogP) is 2.98. The Bertz CT molecular complexity index is 1090. The number of rotatable bonds is 4. The highest BCUT2D eigenvalue weighted by Gasteiger charge is 2.37. The number of aromatic nitrogens is 4. The van der Waals surface area contributed by atoms with Gasteiger partial charge in [-0.25, -0.2) is 18.4 Å². The zero-order chi connectivity index (χ0) is 19.9. The lowest BCUT2D eigenvalue weighted by Gasteiger charge is -2.24. The van der Waals surface area contributed by atoms with E-state index in [-0.39, 0.29) is 10.9 Å². The predicted molar refractivity (Wildman–Crippen MR) is 102 cm³/mol. The van der Waals surface area contributed by atoms with E-state index in [0.717, 1.165) is 17.7 Å². The van der Waals surface area contributed by atoms with Crippen molar-refractivity contribution in [3.63, 3.8) is 0 Å². The van der Waals surface area contributed by atoms with Gasteiger partial charge in [0.15, 0.2) is 0 Å². The van der Waals surface area contributed by atoms with Gasteiger partial charge in [-0.1, -0.05) is 5.16 Å². The standard InChI is InChI=1S/C19H21N5O3S/c1-12-19(13(2)27-23-12)17-10-16(21-14(3)22-17)18-7-5-9-24(18)28(25,26)15-6-4-8-20-11-15/h4,6,8,10-11,18H,5,7,9H2,1-3H3/t18-/m0/s1. The third-order valence-corrected chi connectivity index (χ3v) is 6.83. The SMILES string of the molecule is Cc1nc(-c2c(C)noc2C)cc([C@@H]2CCCN2S(=O)(=O)c2cccnc2)n1.